The van der Waals surface area contributed by atoms with Gasteiger partial charge in [-0.3, -0.25) is 9.59 Å². The minimum atomic E-state index is -0.640. The Hall–Kier alpha value is -2.60. The lowest BCUT2D eigenvalue weighted by Gasteiger charge is -2.12. The zero-order chi connectivity index (χ0) is 17.7. The predicted octanol–water partition coefficient (Wildman–Crippen LogP) is 3.71. The largest absolute Gasteiger partial charge is 0.493 e. The van der Waals surface area contributed by atoms with Gasteiger partial charge in [-0.15, -0.1) is 0 Å². The van der Waals surface area contributed by atoms with Crippen molar-refractivity contribution >= 4 is 29.0 Å². The smallest absolute Gasteiger partial charge is 0.262 e. The third kappa shape index (κ3) is 4.45. The van der Waals surface area contributed by atoms with Crippen LogP contribution < -0.4 is 14.8 Å². The molecule has 1 amide bonds. The van der Waals surface area contributed by atoms with Gasteiger partial charge in [0, 0.05) is 10.6 Å². The number of ether oxygens (including phenoxy) is 2. The van der Waals surface area contributed by atoms with Crippen LogP contribution in [-0.4, -0.2) is 25.4 Å². The van der Waals surface area contributed by atoms with Gasteiger partial charge < -0.3 is 14.8 Å². The van der Waals surface area contributed by atoms with Crippen LogP contribution in [0, 0.1) is 5.82 Å². The van der Waals surface area contributed by atoms with Crippen LogP contribution in [0.15, 0.2) is 36.4 Å². The first-order valence-electron chi connectivity index (χ1n) is 6.97. The van der Waals surface area contributed by atoms with Crippen molar-refractivity contribution in [1.29, 1.82) is 0 Å². The third-order valence-corrected chi connectivity index (χ3v) is 3.37. The second kappa shape index (κ2) is 7.79. The molecule has 0 aliphatic heterocycles. The maximum atomic E-state index is 13.6. The average Bonchev–Trinajstić information content (AvgIpc) is 2.55. The van der Waals surface area contributed by atoms with E-state index < -0.39 is 11.7 Å². The summed E-state index contributed by atoms with van der Waals surface area (Å²) in [6, 6.07) is 8.54. The van der Waals surface area contributed by atoms with Crippen molar-refractivity contribution in [3.63, 3.8) is 0 Å². The van der Waals surface area contributed by atoms with Crippen molar-refractivity contribution in [2.75, 3.05) is 19.0 Å². The first kappa shape index (κ1) is 17.7. The fourth-order valence-corrected chi connectivity index (χ4v) is 2.09. The first-order chi connectivity index (χ1) is 11.4. The molecule has 126 valence electrons. The van der Waals surface area contributed by atoms with Gasteiger partial charge in [-0.1, -0.05) is 11.6 Å². The van der Waals surface area contributed by atoms with E-state index in [9.17, 15) is 14.0 Å². The molecule has 0 aliphatic carbocycles. The molecule has 0 unspecified atom stereocenters. The molecular formula is C17H15ClFNO4. The van der Waals surface area contributed by atoms with E-state index >= 15 is 0 Å². The number of hydrogen-bond acceptors (Lipinski definition) is 4. The Balaban J connectivity index is 2.02. The molecule has 0 saturated carbocycles. The summed E-state index contributed by atoms with van der Waals surface area (Å²) in [5.74, 6) is -0.675. The number of anilines is 1. The summed E-state index contributed by atoms with van der Waals surface area (Å²) in [5, 5.41) is 2.62. The number of nitrogens with one attached hydrogen (secondary N) is 1. The van der Waals surface area contributed by atoms with Crippen LogP contribution in [0.3, 0.4) is 0 Å². The molecule has 24 heavy (non-hydrogen) atoms. The Morgan fingerprint density at radius 1 is 1.17 bits per heavy atom. The second-order valence-corrected chi connectivity index (χ2v) is 5.32. The van der Waals surface area contributed by atoms with Crippen molar-refractivity contribution < 1.29 is 23.5 Å². The van der Waals surface area contributed by atoms with E-state index in [0.29, 0.717) is 17.1 Å². The maximum Gasteiger partial charge on any atom is 0.262 e. The summed E-state index contributed by atoms with van der Waals surface area (Å²) in [6.07, 6.45) is 0. The highest BCUT2D eigenvalue weighted by Gasteiger charge is 2.12. The quantitative estimate of drug-likeness (QED) is 0.806. The summed E-state index contributed by atoms with van der Waals surface area (Å²) < 4.78 is 24.1. The Morgan fingerprint density at radius 3 is 2.54 bits per heavy atom. The molecule has 0 aliphatic rings. The van der Waals surface area contributed by atoms with Gasteiger partial charge in [0.25, 0.3) is 5.91 Å². The van der Waals surface area contributed by atoms with E-state index in [0.717, 1.165) is 6.07 Å². The summed E-state index contributed by atoms with van der Waals surface area (Å²) in [5.41, 5.74) is 0.471. The van der Waals surface area contributed by atoms with Gasteiger partial charge >= 0.3 is 0 Å². The van der Waals surface area contributed by atoms with E-state index in [1.54, 1.807) is 6.07 Å². The molecule has 0 aromatic heterocycles. The van der Waals surface area contributed by atoms with Crippen LogP contribution in [0.25, 0.3) is 0 Å². The topological polar surface area (TPSA) is 64.6 Å². The van der Waals surface area contributed by atoms with Gasteiger partial charge in [0.1, 0.15) is 5.82 Å². The number of carbonyl (C=O) groups excluding carboxylic acids is 2. The third-order valence-electron chi connectivity index (χ3n) is 3.13. The van der Waals surface area contributed by atoms with Gasteiger partial charge in [0.05, 0.1) is 12.8 Å². The van der Waals surface area contributed by atoms with Gasteiger partial charge in [-0.05, 0) is 43.3 Å². The number of benzene rings is 2. The molecule has 0 bridgehead atoms. The monoisotopic (exact) mass is 351 g/mol. The van der Waals surface area contributed by atoms with E-state index in [-0.39, 0.29) is 23.1 Å². The molecule has 2 aromatic rings. The average molecular weight is 352 g/mol. The second-order valence-electron chi connectivity index (χ2n) is 4.88. The zero-order valence-corrected chi connectivity index (χ0v) is 13.8. The lowest BCUT2D eigenvalue weighted by Crippen LogP contribution is -2.21. The number of rotatable bonds is 6. The number of Topliss-reactive ketones (excluding diaryl/α,β-unsaturated/α-hetero) is 1. The molecule has 5 nitrogen and oxygen atoms in total. The molecular weight excluding hydrogens is 337 g/mol. The summed E-state index contributed by atoms with van der Waals surface area (Å²) in [4.78, 5) is 23.2. The Labute approximate surface area is 143 Å². The van der Waals surface area contributed by atoms with Crippen LogP contribution in [0.2, 0.25) is 5.02 Å². The van der Waals surface area contributed by atoms with Gasteiger partial charge in [0.15, 0.2) is 23.9 Å². The van der Waals surface area contributed by atoms with Gasteiger partial charge in [-0.25, -0.2) is 4.39 Å². The lowest BCUT2D eigenvalue weighted by molar-refractivity contribution is -0.118. The molecule has 0 fully saturated rings. The molecule has 7 heteroatoms. The van der Waals surface area contributed by atoms with Crippen molar-refractivity contribution in [3.05, 3.63) is 52.8 Å². The minimum Gasteiger partial charge on any atom is -0.493 e. The van der Waals surface area contributed by atoms with E-state index in [2.05, 4.69) is 5.32 Å². The van der Waals surface area contributed by atoms with E-state index in [1.807, 2.05) is 0 Å². The molecule has 0 atom stereocenters. The summed E-state index contributed by atoms with van der Waals surface area (Å²) in [7, 11) is 1.43. The first-order valence-corrected chi connectivity index (χ1v) is 7.35. The molecule has 0 heterocycles. The number of ketones is 1. The van der Waals surface area contributed by atoms with Crippen LogP contribution in [0.1, 0.15) is 17.3 Å². The maximum absolute atomic E-state index is 13.6. The van der Waals surface area contributed by atoms with Crippen molar-refractivity contribution in [3.8, 4) is 11.5 Å². The minimum absolute atomic E-state index is 0.00638. The SMILES string of the molecule is COc1cc(C(C)=O)ccc1OCC(=O)Nc1ccc(Cl)cc1F. The molecule has 0 spiro atoms. The van der Waals surface area contributed by atoms with Crippen LogP contribution >= 0.6 is 11.6 Å². The van der Waals surface area contributed by atoms with Crippen LogP contribution in [0.5, 0.6) is 11.5 Å². The zero-order valence-electron chi connectivity index (χ0n) is 13.1. The fraction of sp³-hybridized carbons (Fsp3) is 0.176. The highest BCUT2D eigenvalue weighted by molar-refractivity contribution is 6.30. The number of halogens is 2. The number of carbonyl (C=O) groups is 2. The van der Waals surface area contributed by atoms with Crippen LogP contribution in [-0.2, 0) is 4.79 Å². The van der Waals surface area contributed by atoms with E-state index in [1.165, 1.54) is 38.3 Å². The van der Waals surface area contributed by atoms with Gasteiger partial charge in [-0.2, -0.15) is 0 Å². The Bertz CT molecular complexity index is 779. The fourth-order valence-electron chi connectivity index (χ4n) is 1.93. The van der Waals surface area contributed by atoms with Crippen molar-refractivity contribution in [2.24, 2.45) is 0 Å². The highest BCUT2D eigenvalue weighted by Crippen LogP contribution is 2.28. The molecule has 2 aromatic carbocycles. The molecule has 0 radical (unpaired) electrons. The Kier molecular flexibility index (Phi) is 5.76. The normalized spacial score (nSPS) is 10.2. The molecule has 1 N–H and O–H groups in total. The summed E-state index contributed by atoms with van der Waals surface area (Å²) in [6.45, 7) is 1.08. The highest BCUT2D eigenvalue weighted by atomic mass is 35.5. The van der Waals surface area contributed by atoms with Crippen LogP contribution in [0.4, 0.5) is 10.1 Å². The van der Waals surface area contributed by atoms with Gasteiger partial charge in [0.2, 0.25) is 0 Å². The molecule has 2 rings (SSSR count). The number of methoxy groups -OCH3 is 1. The standard InChI is InChI=1S/C17H15ClFNO4/c1-10(21)11-3-6-15(16(7-11)23-2)24-9-17(22)20-14-5-4-12(18)8-13(14)19/h3-8H,9H2,1-2H3,(H,20,22). The Morgan fingerprint density at radius 2 is 1.92 bits per heavy atom. The van der Waals surface area contributed by atoms with Crippen molar-refractivity contribution in [1.82, 2.24) is 0 Å². The molecule has 0 saturated heterocycles. The van der Waals surface area contributed by atoms with Crippen molar-refractivity contribution in [2.45, 2.75) is 6.92 Å². The predicted molar refractivity (Wildman–Crippen MR) is 88.5 cm³/mol. The summed E-state index contributed by atoms with van der Waals surface area (Å²) >= 11 is 5.65. The van der Waals surface area contributed by atoms with E-state index in [4.69, 9.17) is 21.1 Å². The lowest BCUT2D eigenvalue weighted by atomic mass is 10.1. The number of amides is 1. The number of hydrogen-bond donors (Lipinski definition) is 1.